The fourth-order valence-electron chi connectivity index (χ4n) is 3.25. The van der Waals surface area contributed by atoms with E-state index in [9.17, 15) is 9.59 Å². The average molecular weight is 303 g/mol. The minimum absolute atomic E-state index is 0.00286. The van der Waals surface area contributed by atoms with Crippen LogP contribution >= 0.6 is 0 Å². The summed E-state index contributed by atoms with van der Waals surface area (Å²) >= 11 is 0. The first kappa shape index (κ1) is 15.0. The molecule has 1 aromatic rings. The van der Waals surface area contributed by atoms with Crippen molar-refractivity contribution in [1.82, 2.24) is 5.32 Å². The molecule has 0 radical (unpaired) electrons. The highest BCUT2D eigenvalue weighted by molar-refractivity contribution is 5.86. The van der Waals surface area contributed by atoms with Gasteiger partial charge >= 0.3 is 5.97 Å². The minimum Gasteiger partial charge on any atom is -0.481 e. The Morgan fingerprint density at radius 2 is 1.82 bits per heavy atom. The van der Waals surface area contributed by atoms with Gasteiger partial charge in [0.1, 0.15) is 0 Å². The molecular weight excluding hydrogens is 282 g/mol. The second kappa shape index (κ2) is 6.48. The third-order valence-corrected chi connectivity index (χ3v) is 4.73. The molecule has 1 amide bonds. The number of nitrogens with one attached hydrogen (secondary N) is 1. The zero-order chi connectivity index (χ0) is 15.5. The van der Waals surface area contributed by atoms with E-state index in [0.717, 1.165) is 18.4 Å². The Kier molecular flexibility index (Phi) is 4.43. The molecule has 5 heteroatoms. The fourth-order valence-corrected chi connectivity index (χ4v) is 3.25. The van der Waals surface area contributed by atoms with Gasteiger partial charge in [0.05, 0.1) is 17.9 Å². The third-order valence-electron chi connectivity index (χ3n) is 4.73. The number of benzene rings is 1. The van der Waals surface area contributed by atoms with Gasteiger partial charge in [0.2, 0.25) is 5.91 Å². The first-order valence-corrected chi connectivity index (χ1v) is 7.85. The van der Waals surface area contributed by atoms with E-state index in [-0.39, 0.29) is 24.0 Å². The highest BCUT2D eigenvalue weighted by Crippen LogP contribution is 2.35. The highest BCUT2D eigenvalue weighted by atomic mass is 16.5. The number of carbonyl (C=O) groups is 2. The Hall–Kier alpha value is -1.88. The third kappa shape index (κ3) is 3.14. The maximum Gasteiger partial charge on any atom is 0.307 e. The van der Waals surface area contributed by atoms with Gasteiger partial charge in [-0.05, 0) is 31.2 Å². The van der Waals surface area contributed by atoms with Crippen molar-refractivity contribution in [2.75, 3.05) is 6.61 Å². The van der Waals surface area contributed by atoms with E-state index in [1.807, 2.05) is 30.3 Å². The van der Waals surface area contributed by atoms with Crippen LogP contribution < -0.4 is 5.32 Å². The molecule has 1 aliphatic heterocycles. The predicted molar refractivity (Wildman–Crippen MR) is 80.1 cm³/mol. The van der Waals surface area contributed by atoms with Crippen molar-refractivity contribution < 1.29 is 19.4 Å². The van der Waals surface area contributed by atoms with E-state index in [1.165, 1.54) is 0 Å². The molecule has 1 heterocycles. The Morgan fingerprint density at radius 1 is 1.09 bits per heavy atom. The van der Waals surface area contributed by atoms with E-state index in [1.54, 1.807) is 0 Å². The normalized spacial score (nSPS) is 31.1. The minimum atomic E-state index is -0.861. The molecule has 4 atom stereocenters. The van der Waals surface area contributed by atoms with Gasteiger partial charge < -0.3 is 15.2 Å². The molecule has 1 saturated carbocycles. The van der Waals surface area contributed by atoms with Gasteiger partial charge in [-0.15, -0.1) is 0 Å². The summed E-state index contributed by atoms with van der Waals surface area (Å²) in [6, 6.07) is 10.0. The van der Waals surface area contributed by atoms with Crippen molar-refractivity contribution in [3.63, 3.8) is 0 Å². The van der Waals surface area contributed by atoms with Crippen LogP contribution in [0.15, 0.2) is 30.3 Å². The van der Waals surface area contributed by atoms with Crippen molar-refractivity contribution in [1.29, 1.82) is 0 Å². The number of carbonyl (C=O) groups excluding carboxylic acids is 1. The first-order valence-electron chi connectivity index (χ1n) is 7.85. The molecule has 0 spiro atoms. The van der Waals surface area contributed by atoms with E-state index in [2.05, 4.69) is 5.32 Å². The van der Waals surface area contributed by atoms with Gasteiger partial charge in [0, 0.05) is 12.6 Å². The average Bonchev–Trinajstić information content (AvgIpc) is 2.46. The first-order chi connectivity index (χ1) is 10.6. The monoisotopic (exact) mass is 303 g/mol. The van der Waals surface area contributed by atoms with Gasteiger partial charge in [0.15, 0.2) is 0 Å². The number of amides is 1. The molecule has 4 unspecified atom stereocenters. The Bertz CT molecular complexity index is 545. The molecule has 2 aliphatic rings. The quantitative estimate of drug-likeness (QED) is 0.893. The van der Waals surface area contributed by atoms with Crippen LogP contribution in [0.25, 0.3) is 0 Å². The molecule has 5 nitrogen and oxygen atoms in total. The summed E-state index contributed by atoms with van der Waals surface area (Å²) in [7, 11) is 0. The van der Waals surface area contributed by atoms with Gasteiger partial charge in [-0.3, -0.25) is 9.59 Å². The van der Waals surface area contributed by atoms with Gasteiger partial charge in [-0.25, -0.2) is 0 Å². The number of hydrogen-bond donors (Lipinski definition) is 2. The van der Waals surface area contributed by atoms with E-state index < -0.39 is 11.9 Å². The number of hydrogen-bond acceptors (Lipinski definition) is 3. The zero-order valence-electron chi connectivity index (χ0n) is 12.4. The molecule has 2 N–H and O–H groups in total. The lowest BCUT2D eigenvalue weighted by molar-refractivity contribution is -0.153. The van der Waals surface area contributed by atoms with Crippen molar-refractivity contribution in [3.05, 3.63) is 35.9 Å². The molecule has 1 saturated heterocycles. The van der Waals surface area contributed by atoms with E-state index in [0.29, 0.717) is 19.4 Å². The molecule has 1 aromatic carbocycles. The summed E-state index contributed by atoms with van der Waals surface area (Å²) in [6.07, 6.45) is 2.79. The Labute approximate surface area is 129 Å². The summed E-state index contributed by atoms with van der Waals surface area (Å²) < 4.78 is 5.79. The van der Waals surface area contributed by atoms with Crippen molar-refractivity contribution in [2.24, 2.45) is 11.8 Å². The van der Waals surface area contributed by atoms with Crippen LogP contribution in [0.3, 0.4) is 0 Å². The van der Waals surface area contributed by atoms with Crippen LogP contribution in [-0.4, -0.2) is 29.6 Å². The lowest BCUT2D eigenvalue weighted by atomic mass is 9.73. The molecule has 1 aliphatic carbocycles. The molecule has 22 heavy (non-hydrogen) atoms. The summed E-state index contributed by atoms with van der Waals surface area (Å²) in [5, 5.41) is 12.1. The second-order valence-corrected chi connectivity index (χ2v) is 6.13. The van der Waals surface area contributed by atoms with Crippen molar-refractivity contribution >= 4 is 11.9 Å². The summed E-state index contributed by atoms with van der Waals surface area (Å²) in [6.45, 7) is 0.609. The van der Waals surface area contributed by atoms with E-state index in [4.69, 9.17) is 9.84 Å². The maximum absolute atomic E-state index is 12.2. The largest absolute Gasteiger partial charge is 0.481 e. The maximum atomic E-state index is 12.2. The summed E-state index contributed by atoms with van der Waals surface area (Å²) in [5.41, 5.74) is 1.12. The van der Waals surface area contributed by atoms with Crippen LogP contribution in [0.5, 0.6) is 0 Å². The number of carboxylic acid groups (broad SMARTS) is 1. The standard InChI is InChI=1S/C17H21NO4/c19-16(13-6-7-14(13)17(20)21)18-12-8-9-22-15(10-12)11-4-2-1-3-5-11/h1-5,12-15H,6-10H2,(H,18,19)(H,20,21). The number of ether oxygens (including phenoxy) is 1. The van der Waals surface area contributed by atoms with Crippen LogP contribution in [0.4, 0.5) is 0 Å². The lowest BCUT2D eigenvalue weighted by Gasteiger charge is -2.35. The van der Waals surface area contributed by atoms with Crippen LogP contribution in [0, 0.1) is 11.8 Å². The molecule has 2 fully saturated rings. The summed E-state index contributed by atoms with van der Waals surface area (Å²) in [4.78, 5) is 23.3. The summed E-state index contributed by atoms with van der Waals surface area (Å²) in [5.74, 6) is -1.85. The molecule has 118 valence electrons. The van der Waals surface area contributed by atoms with Crippen LogP contribution in [0.2, 0.25) is 0 Å². The fraction of sp³-hybridized carbons (Fsp3) is 0.529. The molecule has 0 bridgehead atoms. The smallest absolute Gasteiger partial charge is 0.307 e. The second-order valence-electron chi connectivity index (χ2n) is 6.13. The van der Waals surface area contributed by atoms with Gasteiger partial charge in [0.25, 0.3) is 0 Å². The van der Waals surface area contributed by atoms with Gasteiger partial charge in [-0.1, -0.05) is 30.3 Å². The zero-order valence-corrected chi connectivity index (χ0v) is 12.4. The van der Waals surface area contributed by atoms with Crippen LogP contribution in [0.1, 0.15) is 37.4 Å². The number of rotatable bonds is 4. The SMILES string of the molecule is O=C(O)C1CCC1C(=O)NC1CCOC(c2ccccc2)C1. The topological polar surface area (TPSA) is 75.6 Å². The van der Waals surface area contributed by atoms with Crippen molar-refractivity contribution in [2.45, 2.75) is 37.8 Å². The molecular formula is C17H21NO4. The van der Waals surface area contributed by atoms with Crippen molar-refractivity contribution in [3.8, 4) is 0 Å². The highest BCUT2D eigenvalue weighted by Gasteiger charge is 2.42. The van der Waals surface area contributed by atoms with E-state index >= 15 is 0 Å². The number of carboxylic acids is 1. The Morgan fingerprint density at radius 3 is 2.45 bits per heavy atom. The van der Waals surface area contributed by atoms with Gasteiger partial charge in [-0.2, -0.15) is 0 Å². The molecule has 3 rings (SSSR count). The predicted octanol–water partition coefficient (Wildman–Crippen LogP) is 2.13. The lowest BCUT2D eigenvalue weighted by Crippen LogP contribution is -2.48. The number of aliphatic carboxylic acids is 1. The van der Waals surface area contributed by atoms with Crippen LogP contribution in [-0.2, 0) is 14.3 Å². The Balaban J connectivity index is 1.57. The molecule has 0 aromatic heterocycles.